The Bertz CT molecular complexity index is 366. The second-order valence-corrected chi connectivity index (χ2v) is 4.51. The number of rotatable bonds is 5. The van der Waals surface area contributed by atoms with Gasteiger partial charge in [0.25, 0.3) is 0 Å². The normalized spacial score (nSPS) is 12.8. The number of carbonyl (C=O) groups is 1. The van der Waals surface area contributed by atoms with Crippen LogP contribution in [0.5, 0.6) is 0 Å². The first kappa shape index (κ1) is 13.0. The van der Waals surface area contributed by atoms with Gasteiger partial charge in [-0.25, -0.2) is 0 Å². The molecule has 1 rings (SSSR count). The Morgan fingerprint density at radius 1 is 1.50 bits per heavy atom. The SMILES string of the molecule is CC(C)[C@@H](NCc1cccc(Cl)c1)C(=O)O. The van der Waals surface area contributed by atoms with Gasteiger partial charge in [0.05, 0.1) is 0 Å². The number of carboxylic acids is 1. The Balaban J connectivity index is 2.59. The quantitative estimate of drug-likeness (QED) is 0.833. The number of hydrogen-bond acceptors (Lipinski definition) is 2. The summed E-state index contributed by atoms with van der Waals surface area (Å²) < 4.78 is 0. The van der Waals surface area contributed by atoms with Crippen molar-refractivity contribution in [1.29, 1.82) is 0 Å². The maximum absolute atomic E-state index is 10.9. The fraction of sp³-hybridized carbons (Fsp3) is 0.417. The third-order valence-corrected chi connectivity index (χ3v) is 2.58. The number of aliphatic carboxylic acids is 1. The van der Waals surface area contributed by atoms with Gasteiger partial charge in [-0.05, 0) is 23.6 Å². The lowest BCUT2D eigenvalue weighted by molar-refractivity contribution is -0.140. The Morgan fingerprint density at radius 2 is 2.19 bits per heavy atom. The number of nitrogens with one attached hydrogen (secondary N) is 1. The Labute approximate surface area is 100 Å². The Morgan fingerprint density at radius 3 is 2.69 bits per heavy atom. The zero-order valence-electron chi connectivity index (χ0n) is 9.40. The van der Waals surface area contributed by atoms with E-state index >= 15 is 0 Å². The maximum atomic E-state index is 10.9. The smallest absolute Gasteiger partial charge is 0.320 e. The third-order valence-electron chi connectivity index (χ3n) is 2.35. The van der Waals surface area contributed by atoms with Gasteiger partial charge in [0.1, 0.15) is 6.04 Å². The van der Waals surface area contributed by atoms with Crippen LogP contribution in [0.1, 0.15) is 19.4 Å². The van der Waals surface area contributed by atoms with E-state index in [1.54, 1.807) is 6.07 Å². The maximum Gasteiger partial charge on any atom is 0.320 e. The minimum absolute atomic E-state index is 0.0525. The summed E-state index contributed by atoms with van der Waals surface area (Å²) in [5, 5.41) is 12.7. The monoisotopic (exact) mass is 241 g/mol. The Kier molecular flexibility index (Phi) is 4.77. The molecule has 0 radical (unpaired) electrons. The zero-order chi connectivity index (χ0) is 12.1. The summed E-state index contributed by atoms with van der Waals surface area (Å²) in [7, 11) is 0. The van der Waals surface area contributed by atoms with Crippen molar-refractivity contribution >= 4 is 17.6 Å². The summed E-state index contributed by atoms with van der Waals surface area (Å²) in [4.78, 5) is 10.9. The van der Waals surface area contributed by atoms with E-state index in [9.17, 15) is 4.79 Å². The molecule has 2 N–H and O–H groups in total. The number of hydrogen-bond donors (Lipinski definition) is 2. The van der Waals surface area contributed by atoms with Crippen LogP contribution in [0, 0.1) is 5.92 Å². The van der Waals surface area contributed by atoms with E-state index in [2.05, 4.69) is 5.32 Å². The molecule has 4 heteroatoms. The molecule has 1 aromatic carbocycles. The number of benzene rings is 1. The van der Waals surface area contributed by atoms with Crippen LogP contribution in [-0.4, -0.2) is 17.1 Å². The van der Waals surface area contributed by atoms with E-state index < -0.39 is 12.0 Å². The summed E-state index contributed by atoms with van der Waals surface area (Å²) in [5.41, 5.74) is 0.986. The highest BCUT2D eigenvalue weighted by Gasteiger charge is 2.20. The highest BCUT2D eigenvalue weighted by molar-refractivity contribution is 6.30. The molecule has 1 aromatic rings. The van der Waals surface area contributed by atoms with E-state index in [0.717, 1.165) is 5.56 Å². The van der Waals surface area contributed by atoms with Gasteiger partial charge in [-0.15, -0.1) is 0 Å². The lowest BCUT2D eigenvalue weighted by atomic mass is 10.0. The van der Waals surface area contributed by atoms with Gasteiger partial charge in [0, 0.05) is 11.6 Å². The van der Waals surface area contributed by atoms with Gasteiger partial charge in [-0.1, -0.05) is 37.6 Å². The third kappa shape index (κ3) is 3.83. The minimum Gasteiger partial charge on any atom is -0.480 e. The van der Waals surface area contributed by atoms with Gasteiger partial charge in [-0.2, -0.15) is 0 Å². The molecular weight excluding hydrogens is 226 g/mol. The van der Waals surface area contributed by atoms with Gasteiger partial charge < -0.3 is 10.4 Å². The summed E-state index contributed by atoms with van der Waals surface area (Å²) in [5.74, 6) is -0.770. The van der Waals surface area contributed by atoms with Gasteiger partial charge in [-0.3, -0.25) is 4.79 Å². The van der Waals surface area contributed by atoms with Crippen molar-refractivity contribution in [2.24, 2.45) is 5.92 Å². The lowest BCUT2D eigenvalue weighted by Gasteiger charge is -2.17. The first-order chi connectivity index (χ1) is 7.50. The van der Waals surface area contributed by atoms with Crippen LogP contribution < -0.4 is 5.32 Å². The molecule has 3 nitrogen and oxygen atoms in total. The molecule has 88 valence electrons. The second kappa shape index (κ2) is 5.87. The van der Waals surface area contributed by atoms with Crippen molar-refractivity contribution in [2.75, 3.05) is 0 Å². The van der Waals surface area contributed by atoms with Crippen molar-refractivity contribution in [2.45, 2.75) is 26.4 Å². The van der Waals surface area contributed by atoms with Crippen LogP contribution in [0.25, 0.3) is 0 Å². The standard InChI is InChI=1S/C12H16ClNO2/c1-8(2)11(12(15)16)14-7-9-4-3-5-10(13)6-9/h3-6,8,11,14H,7H2,1-2H3,(H,15,16)/t11-/m1/s1. The molecule has 0 aromatic heterocycles. The van der Waals surface area contributed by atoms with Gasteiger partial charge in [0.2, 0.25) is 0 Å². The molecule has 0 heterocycles. The highest BCUT2D eigenvalue weighted by Crippen LogP contribution is 2.11. The fourth-order valence-electron chi connectivity index (χ4n) is 1.48. The highest BCUT2D eigenvalue weighted by atomic mass is 35.5. The summed E-state index contributed by atoms with van der Waals surface area (Å²) in [6, 6.07) is 6.86. The first-order valence-electron chi connectivity index (χ1n) is 5.21. The van der Waals surface area contributed by atoms with Crippen molar-refractivity contribution in [3.8, 4) is 0 Å². The van der Waals surface area contributed by atoms with E-state index in [0.29, 0.717) is 11.6 Å². The average molecular weight is 242 g/mol. The topological polar surface area (TPSA) is 49.3 Å². The molecular formula is C12H16ClNO2. The van der Waals surface area contributed by atoms with E-state index in [1.807, 2.05) is 32.0 Å². The van der Waals surface area contributed by atoms with Crippen molar-refractivity contribution in [1.82, 2.24) is 5.32 Å². The van der Waals surface area contributed by atoms with E-state index in [-0.39, 0.29) is 5.92 Å². The Hall–Kier alpha value is -1.06. The molecule has 0 aliphatic carbocycles. The molecule has 16 heavy (non-hydrogen) atoms. The molecule has 0 spiro atoms. The van der Waals surface area contributed by atoms with E-state index in [4.69, 9.17) is 16.7 Å². The summed E-state index contributed by atoms with van der Waals surface area (Å²) in [6.45, 7) is 4.27. The fourth-order valence-corrected chi connectivity index (χ4v) is 1.70. The van der Waals surface area contributed by atoms with Gasteiger partial charge in [0.15, 0.2) is 0 Å². The van der Waals surface area contributed by atoms with Crippen LogP contribution in [0.2, 0.25) is 5.02 Å². The van der Waals surface area contributed by atoms with Crippen molar-refractivity contribution in [3.05, 3.63) is 34.9 Å². The molecule has 1 atom stereocenters. The summed E-state index contributed by atoms with van der Waals surface area (Å²) >= 11 is 5.84. The lowest BCUT2D eigenvalue weighted by Crippen LogP contribution is -2.40. The van der Waals surface area contributed by atoms with Crippen molar-refractivity contribution in [3.63, 3.8) is 0 Å². The van der Waals surface area contributed by atoms with Crippen LogP contribution in [0.15, 0.2) is 24.3 Å². The number of carboxylic acid groups (broad SMARTS) is 1. The van der Waals surface area contributed by atoms with Crippen LogP contribution in [-0.2, 0) is 11.3 Å². The van der Waals surface area contributed by atoms with E-state index in [1.165, 1.54) is 0 Å². The van der Waals surface area contributed by atoms with Gasteiger partial charge >= 0.3 is 5.97 Å². The van der Waals surface area contributed by atoms with Crippen LogP contribution in [0.4, 0.5) is 0 Å². The molecule has 0 bridgehead atoms. The molecule has 0 aliphatic heterocycles. The molecule has 0 fully saturated rings. The molecule has 0 aliphatic rings. The predicted molar refractivity (Wildman–Crippen MR) is 64.6 cm³/mol. The molecule has 0 saturated carbocycles. The average Bonchev–Trinajstić information content (AvgIpc) is 2.16. The van der Waals surface area contributed by atoms with Crippen LogP contribution >= 0.6 is 11.6 Å². The summed E-state index contributed by atoms with van der Waals surface area (Å²) in [6.07, 6.45) is 0. The predicted octanol–water partition coefficient (Wildman–Crippen LogP) is 2.54. The number of halogens is 1. The molecule has 0 unspecified atom stereocenters. The second-order valence-electron chi connectivity index (χ2n) is 4.07. The largest absolute Gasteiger partial charge is 0.480 e. The first-order valence-corrected chi connectivity index (χ1v) is 5.59. The zero-order valence-corrected chi connectivity index (χ0v) is 10.2. The molecule has 0 saturated heterocycles. The minimum atomic E-state index is -0.822. The van der Waals surface area contributed by atoms with Crippen molar-refractivity contribution < 1.29 is 9.90 Å². The molecule has 0 amide bonds. The van der Waals surface area contributed by atoms with Crippen LogP contribution in [0.3, 0.4) is 0 Å².